The minimum atomic E-state index is -0.316. The summed E-state index contributed by atoms with van der Waals surface area (Å²) < 4.78 is 24.0. The van der Waals surface area contributed by atoms with Gasteiger partial charge in [0.1, 0.15) is 19.0 Å². The molecule has 5 heteroatoms. The Hall–Kier alpha value is -2.56. The molecule has 1 amide bonds. The Morgan fingerprint density at radius 1 is 1.04 bits per heavy atom. The number of carbonyl (C=O) groups excluding carboxylic acids is 1. The van der Waals surface area contributed by atoms with E-state index in [0.717, 1.165) is 23.5 Å². The van der Waals surface area contributed by atoms with E-state index >= 15 is 0 Å². The highest BCUT2D eigenvalue weighted by Gasteiger charge is 2.44. The molecule has 0 unspecified atom stereocenters. The van der Waals surface area contributed by atoms with Gasteiger partial charge in [-0.05, 0) is 54.3 Å². The Balaban J connectivity index is 1.43. The third-order valence-corrected chi connectivity index (χ3v) is 4.23. The van der Waals surface area contributed by atoms with E-state index in [4.69, 9.17) is 9.47 Å². The molecule has 1 aliphatic heterocycles. The molecule has 1 aliphatic carbocycles. The van der Waals surface area contributed by atoms with Crippen molar-refractivity contribution in [3.8, 4) is 11.5 Å². The lowest BCUT2D eigenvalue weighted by Gasteiger charge is -2.18. The third-order valence-electron chi connectivity index (χ3n) is 4.23. The van der Waals surface area contributed by atoms with Crippen LogP contribution >= 0.6 is 0 Å². The van der Waals surface area contributed by atoms with Gasteiger partial charge in [-0.1, -0.05) is 6.07 Å². The molecule has 2 aromatic rings. The van der Waals surface area contributed by atoms with Gasteiger partial charge in [0.25, 0.3) is 0 Å². The van der Waals surface area contributed by atoms with E-state index in [9.17, 15) is 9.18 Å². The second-order valence-electron chi connectivity index (χ2n) is 5.85. The molecule has 1 fully saturated rings. The molecule has 1 heterocycles. The molecule has 2 aliphatic rings. The van der Waals surface area contributed by atoms with Crippen molar-refractivity contribution in [2.24, 2.45) is 5.92 Å². The summed E-state index contributed by atoms with van der Waals surface area (Å²) in [5.74, 6) is 1.31. The molecule has 0 aromatic heterocycles. The summed E-state index contributed by atoms with van der Waals surface area (Å²) in [6, 6.07) is 11.6. The Kier molecular flexibility index (Phi) is 3.41. The van der Waals surface area contributed by atoms with Crippen LogP contribution in [0.1, 0.15) is 17.9 Å². The van der Waals surface area contributed by atoms with E-state index < -0.39 is 0 Å². The van der Waals surface area contributed by atoms with Crippen molar-refractivity contribution in [3.63, 3.8) is 0 Å². The number of hydrogen-bond acceptors (Lipinski definition) is 3. The van der Waals surface area contributed by atoms with Crippen LogP contribution in [0.15, 0.2) is 42.5 Å². The first kappa shape index (κ1) is 14.1. The van der Waals surface area contributed by atoms with Gasteiger partial charge in [-0.3, -0.25) is 4.79 Å². The van der Waals surface area contributed by atoms with Crippen molar-refractivity contribution in [1.82, 2.24) is 0 Å². The van der Waals surface area contributed by atoms with Crippen molar-refractivity contribution >= 4 is 11.6 Å². The summed E-state index contributed by atoms with van der Waals surface area (Å²) >= 11 is 0. The van der Waals surface area contributed by atoms with E-state index in [1.807, 2.05) is 18.2 Å². The molecule has 0 radical (unpaired) electrons. The number of halogens is 1. The average Bonchev–Trinajstić information content (AvgIpc) is 3.37. The second-order valence-corrected chi connectivity index (χ2v) is 5.85. The maximum absolute atomic E-state index is 12.9. The fourth-order valence-corrected chi connectivity index (χ4v) is 2.91. The standard InChI is InChI=1S/C18H16FNO3/c19-12-2-4-13(5-3-12)20-18(21)15-10-14(15)11-1-6-16-17(9-11)23-8-7-22-16/h1-6,9,14-15H,7-8,10H2,(H,20,21)/t14-,15-/m1/s1. The van der Waals surface area contributed by atoms with Crippen molar-refractivity contribution in [3.05, 3.63) is 53.8 Å². The summed E-state index contributed by atoms with van der Waals surface area (Å²) in [5.41, 5.74) is 1.71. The molecular weight excluding hydrogens is 297 g/mol. The van der Waals surface area contributed by atoms with E-state index in [1.165, 1.54) is 12.1 Å². The Bertz CT molecular complexity index is 744. The zero-order valence-corrected chi connectivity index (χ0v) is 12.4. The highest BCUT2D eigenvalue weighted by atomic mass is 19.1. The molecule has 0 saturated heterocycles. The maximum atomic E-state index is 12.9. The Morgan fingerprint density at radius 2 is 1.78 bits per heavy atom. The van der Waals surface area contributed by atoms with Gasteiger partial charge >= 0.3 is 0 Å². The highest BCUT2D eigenvalue weighted by molar-refractivity contribution is 5.95. The molecule has 2 atom stereocenters. The van der Waals surface area contributed by atoms with Crippen LogP contribution in [0.2, 0.25) is 0 Å². The number of amides is 1. The molecule has 4 nitrogen and oxygen atoms in total. The van der Waals surface area contributed by atoms with Crippen LogP contribution in [0.25, 0.3) is 0 Å². The van der Waals surface area contributed by atoms with Gasteiger partial charge in [0.15, 0.2) is 11.5 Å². The molecule has 1 saturated carbocycles. The molecule has 23 heavy (non-hydrogen) atoms. The zero-order valence-electron chi connectivity index (χ0n) is 12.4. The lowest BCUT2D eigenvalue weighted by molar-refractivity contribution is -0.117. The SMILES string of the molecule is O=C(Nc1ccc(F)cc1)[C@@H]1C[C@@H]1c1ccc2c(c1)OCCO2. The summed E-state index contributed by atoms with van der Waals surface area (Å²) in [6.07, 6.45) is 0.812. The monoisotopic (exact) mass is 313 g/mol. The topological polar surface area (TPSA) is 47.6 Å². The van der Waals surface area contributed by atoms with Crippen LogP contribution in [-0.2, 0) is 4.79 Å². The smallest absolute Gasteiger partial charge is 0.228 e. The highest BCUT2D eigenvalue weighted by Crippen LogP contribution is 2.49. The van der Waals surface area contributed by atoms with Crippen molar-refractivity contribution in [1.29, 1.82) is 0 Å². The summed E-state index contributed by atoms with van der Waals surface area (Å²) in [4.78, 5) is 12.3. The van der Waals surface area contributed by atoms with E-state index in [0.29, 0.717) is 18.9 Å². The number of ether oxygens (including phenoxy) is 2. The summed E-state index contributed by atoms with van der Waals surface area (Å²) in [6.45, 7) is 1.12. The Morgan fingerprint density at radius 3 is 2.57 bits per heavy atom. The predicted octanol–water partition coefficient (Wildman–Crippen LogP) is 3.34. The number of nitrogens with one attached hydrogen (secondary N) is 1. The molecule has 4 rings (SSSR count). The van der Waals surface area contributed by atoms with Crippen LogP contribution in [0.5, 0.6) is 11.5 Å². The second kappa shape index (κ2) is 5.57. The molecular formula is C18H16FNO3. The van der Waals surface area contributed by atoms with E-state index in [-0.39, 0.29) is 23.6 Å². The van der Waals surface area contributed by atoms with Crippen LogP contribution in [0.4, 0.5) is 10.1 Å². The van der Waals surface area contributed by atoms with Gasteiger partial charge in [0.05, 0.1) is 0 Å². The van der Waals surface area contributed by atoms with E-state index in [1.54, 1.807) is 12.1 Å². The molecule has 118 valence electrons. The molecule has 0 bridgehead atoms. The van der Waals surface area contributed by atoms with Crippen LogP contribution in [-0.4, -0.2) is 19.1 Å². The fourth-order valence-electron chi connectivity index (χ4n) is 2.91. The maximum Gasteiger partial charge on any atom is 0.228 e. The number of fused-ring (bicyclic) bond motifs is 1. The van der Waals surface area contributed by atoms with Crippen molar-refractivity contribution in [2.75, 3.05) is 18.5 Å². The number of anilines is 1. The van der Waals surface area contributed by atoms with Crippen molar-refractivity contribution < 1.29 is 18.7 Å². The van der Waals surface area contributed by atoms with Crippen LogP contribution in [0.3, 0.4) is 0 Å². The third kappa shape index (κ3) is 2.86. The number of rotatable bonds is 3. The van der Waals surface area contributed by atoms with Gasteiger partial charge in [-0.2, -0.15) is 0 Å². The number of hydrogen-bond donors (Lipinski definition) is 1. The zero-order chi connectivity index (χ0) is 15.8. The van der Waals surface area contributed by atoms with Crippen LogP contribution in [0, 0.1) is 11.7 Å². The largest absolute Gasteiger partial charge is 0.486 e. The van der Waals surface area contributed by atoms with Gasteiger partial charge in [-0.15, -0.1) is 0 Å². The quantitative estimate of drug-likeness (QED) is 0.945. The first-order valence-electron chi connectivity index (χ1n) is 7.67. The van der Waals surface area contributed by atoms with Gasteiger partial charge in [0.2, 0.25) is 5.91 Å². The summed E-state index contributed by atoms with van der Waals surface area (Å²) in [5, 5.41) is 2.83. The molecule has 0 spiro atoms. The fraction of sp³-hybridized carbons (Fsp3) is 0.278. The first-order chi connectivity index (χ1) is 11.2. The van der Waals surface area contributed by atoms with Crippen LogP contribution < -0.4 is 14.8 Å². The Labute approximate surface area is 133 Å². The molecule has 2 aromatic carbocycles. The first-order valence-corrected chi connectivity index (χ1v) is 7.67. The number of carbonyl (C=O) groups is 1. The van der Waals surface area contributed by atoms with Crippen molar-refractivity contribution in [2.45, 2.75) is 12.3 Å². The van der Waals surface area contributed by atoms with Gasteiger partial charge < -0.3 is 14.8 Å². The minimum absolute atomic E-state index is 0.0310. The average molecular weight is 313 g/mol. The van der Waals surface area contributed by atoms with Gasteiger partial charge in [0, 0.05) is 11.6 Å². The van der Waals surface area contributed by atoms with Gasteiger partial charge in [-0.25, -0.2) is 4.39 Å². The lowest BCUT2D eigenvalue weighted by atomic mass is 10.1. The molecule has 1 N–H and O–H groups in total. The number of benzene rings is 2. The predicted molar refractivity (Wildman–Crippen MR) is 83.3 cm³/mol. The minimum Gasteiger partial charge on any atom is -0.486 e. The summed E-state index contributed by atoms with van der Waals surface area (Å²) in [7, 11) is 0. The van der Waals surface area contributed by atoms with E-state index in [2.05, 4.69) is 5.32 Å². The lowest BCUT2D eigenvalue weighted by Crippen LogP contribution is -2.16. The normalized spacial score (nSPS) is 21.6.